The third kappa shape index (κ3) is 2.40. The van der Waals surface area contributed by atoms with E-state index in [2.05, 4.69) is 15.3 Å². The second kappa shape index (κ2) is 5.24. The smallest absolute Gasteiger partial charge is 0.312 e. The zero-order valence-electron chi connectivity index (χ0n) is 11.0. The van der Waals surface area contributed by atoms with E-state index in [1.807, 2.05) is 6.92 Å². The molecule has 0 bridgehead atoms. The molecule has 0 spiro atoms. The lowest BCUT2D eigenvalue weighted by Gasteiger charge is -2.02. The number of nitrogens with zero attached hydrogens (tertiary/aromatic N) is 2. The number of hydrogen-bond acceptors (Lipinski definition) is 6. The fraction of sp³-hybridized carbons (Fsp3) is 0.462. The summed E-state index contributed by atoms with van der Waals surface area (Å²) in [4.78, 5) is 20.7. The molecule has 2 aromatic rings. The van der Waals surface area contributed by atoms with E-state index in [0.717, 1.165) is 28.6 Å². The number of nitrogens with one attached hydrogen (secondary N) is 1. The van der Waals surface area contributed by atoms with Gasteiger partial charge in [-0.05, 0) is 12.8 Å². The van der Waals surface area contributed by atoms with Crippen LogP contribution in [-0.2, 0) is 24.2 Å². The molecule has 1 aliphatic carbocycles. The van der Waals surface area contributed by atoms with Crippen molar-refractivity contribution in [2.75, 3.05) is 5.32 Å². The van der Waals surface area contributed by atoms with Gasteiger partial charge in [-0.25, -0.2) is 9.97 Å². The van der Waals surface area contributed by atoms with Gasteiger partial charge in [0.1, 0.15) is 11.7 Å². The van der Waals surface area contributed by atoms with Crippen LogP contribution in [0.2, 0.25) is 0 Å². The van der Waals surface area contributed by atoms with Crippen LogP contribution in [0.3, 0.4) is 0 Å². The molecule has 2 N–H and O–H groups in total. The zero-order chi connectivity index (χ0) is 14.1. The maximum Gasteiger partial charge on any atom is 0.312 e. The van der Waals surface area contributed by atoms with E-state index in [1.54, 1.807) is 6.20 Å². The summed E-state index contributed by atoms with van der Waals surface area (Å²) < 4.78 is 5.50. The molecule has 0 fully saturated rings. The molecular formula is C13H15N3O3S. The van der Waals surface area contributed by atoms with E-state index in [1.165, 1.54) is 11.3 Å². The number of carboxylic acid groups (broad SMARTS) is 1. The van der Waals surface area contributed by atoms with E-state index < -0.39 is 11.9 Å². The largest absolute Gasteiger partial charge is 0.481 e. The molecule has 3 rings (SSSR count). The van der Waals surface area contributed by atoms with Gasteiger partial charge in [0.15, 0.2) is 5.13 Å². The van der Waals surface area contributed by atoms with Crippen molar-refractivity contribution in [1.82, 2.24) is 9.97 Å². The number of aliphatic carboxylic acids is 1. The van der Waals surface area contributed by atoms with Crippen LogP contribution < -0.4 is 5.32 Å². The first kappa shape index (κ1) is 13.1. The molecule has 106 valence electrons. The molecule has 2 aromatic heterocycles. The highest BCUT2D eigenvalue weighted by Gasteiger charge is 2.32. The average molecular weight is 293 g/mol. The normalized spacial score (nSPS) is 17.1. The summed E-state index contributed by atoms with van der Waals surface area (Å²) in [5.74, 6) is 0.229. The molecule has 0 aliphatic heterocycles. The third-order valence-corrected chi connectivity index (χ3v) is 4.45. The van der Waals surface area contributed by atoms with Crippen LogP contribution in [0, 0.1) is 0 Å². The number of aryl methyl sites for hydroxylation is 2. The van der Waals surface area contributed by atoms with Crippen molar-refractivity contribution < 1.29 is 14.3 Å². The number of rotatable bonds is 5. The lowest BCUT2D eigenvalue weighted by atomic mass is 10.1. The Morgan fingerprint density at radius 2 is 2.50 bits per heavy atom. The summed E-state index contributed by atoms with van der Waals surface area (Å²) in [6.07, 6.45) is 3.99. The molecule has 0 aromatic carbocycles. The molecule has 6 nitrogen and oxygen atoms in total. The van der Waals surface area contributed by atoms with E-state index >= 15 is 0 Å². The number of hydrogen-bond donors (Lipinski definition) is 2. The Morgan fingerprint density at radius 3 is 3.20 bits per heavy atom. The monoisotopic (exact) mass is 293 g/mol. The predicted molar refractivity (Wildman–Crippen MR) is 74.0 cm³/mol. The lowest BCUT2D eigenvalue weighted by Crippen LogP contribution is -2.09. The SMILES string of the molecule is CCc1cnc(CNc2nc3c(s2)CCC3C(=O)O)o1. The Bertz CT molecular complexity index is 635. The summed E-state index contributed by atoms with van der Waals surface area (Å²) in [6.45, 7) is 2.47. The van der Waals surface area contributed by atoms with Gasteiger partial charge in [-0.3, -0.25) is 4.79 Å². The number of carbonyl (C=O) groups is 1. The van der Waals surface area contributed by atoms with Crippen molar-refractivity contribution in [2.45, 2.75) is 38.6 Å². The van der Waals surface area contributed by atoms with Gasteiger partial charge in [0.25, 0.3) is 0 Å². The minimum absolute atomic E-state index is 0.453. The molecule has 1 unspecified atom stereocenters. The summed E-state index contributed by atoms with van der Waals surface area (Å²) in [7, 11) is 0. The van der Waals surface area contributed by atoms with Crippen LogP contribution in [0.4, 0.5) is 5.13 Å². The number of aromatic nitrogens is 2. The fourth-order valence-electron chi connectivity index (χ4n) is 2.29. The van der Waals surface area contributed by atoms with Crippen molar-refractivity contribution in [3.63, 3.8) is 0 Å². The minimum atomic E-state index is -0.791. The predicted octanol–water partition coefficient (Wildman–Crippen LogP) is 2.42. The van der Waals surface area contributed by atoms with Crippen LogP contribution in [0.25, 0.3) is 0 Å². The molecule has 0 saturated heterocycles. The maximum absolute atomic E-state index is 11.1. The number of carboxylic acids is 1. The summed E-state index contributed by atoms with van der Waals surface area (Å²) in [6, 6.07) is 0. The molecule has 1 atom stereocenters. The molecule has 0 radical (unpaired) electrons. The van der Waals surface area contributed by atoms with Gasteiger partial charge in [0.2, 0.25) is 5.89 Å². The van der Waals surface area contributed by atoms with Gasteiger partial charge in [-0.15, -0.1) is 11.3 Å². The van der Waals surface area contributed by atoms with Crippen LogP contribution in [0.1, 0.15) is 41.5 Å². The number of oxazole rings is 1. The molecular weight excluding hydrogens is 278 g/mol. The first-order valence-electron chi connectivity index (χ1n) is 6.57. The van der Waals surface area contributed by atoms with Gasteiger partial charge < -0.3 is 14.8 Å². The Kier molecular flexibility index (Phi) is 3.43. The van der Waals surface area contributed by atoms with Crippen LogP contribution >= 0.6 is 11.3 Å². The molecule has 20 heavy (non-hydrogen) atoms. The van der Waals surface area contributed by atoms with Crippen molar-refractivity contribution in [1.29, 1.82) is 0 Å². The summed E-state index contributed by atoms with van der Waals surface area (Å²) >= 11 is 1.52. The zero-order valence-corrected chi connectivity index (χ0v) is 11.9. The average Bonchev–Trinajstić information content (AvgIpc) is 3.10. The van der Waals surface area contributed by atoms with Gasteiger partial charge in [-0.2, -0.15) is 0 Å². The van der Waals surface area contributed by atoms with Crippen molar-refractivity contribution in [3.05, 3.63) is 28.4 Å². The van der Waals surface area contributed by atoms with Gasteiger partial charge in [0.05, 0.1) is 18.4 Å². The first-order chi connectivity index (χ1) is 9.67. The highest BCUT2D eigenvalue weighted by Crippen LogP contribution is 2.38. The fourth-order valence-corrected chi connectivity index (χ4v) is 3.32. The maximum atomic E-state index is 11.1. The lowest BCUT2D eigenvalue weighted by molar-refractivity contribution is -0.138. The van der Waals surface area contributed by atoms with Gasteiger partial charge in [0, 0.05) is 11.3 Å². The molecule has 0 amide bonds. The Morgan fingerprint density at radius 1 is 1.65 bits per heavy atom. The Balaban J connectivity index is 1.67. The van der Waals surface area contributed by atoms with E-state index in [-0.39, 0.29) is 0 Å². The molecule has 0 saturated carbocycles. The van der Waals surface area contributed by atoms with Gasteiger partial charge in [-0.1, -0.05) is 6.92 Å². The summed E-state index contributed by atoms with van der Waals surface area (Å²) in [5, 5.41) is 13.0. The van der Waals surface area contributed by atoms with Crippen LogP contribution in [-0.4, -0.2) is 21.0 Å². The Hall–Kier alpha value is -1.89. The molecule has 1 aliphatic rings. The second-order valence-electron chi connectivity index (χ2n) is 4.68. The van der Waals surface area contributed by atoms with Gasteiger partial charge >= 0.3 is 5.97 Å². The molecule has 2 heterocycles. The van der Waals surface area contributed by atoms with Crippen molar-refractivity contribution >= 4 is 22.4 Å². The Labute approximate surface area is 119 Å². The van der Waals surface area contributed by atoms with Crippen LogP contribution in [0.5, 0.6) is 0 Å². The minimum Gasteiger partial charge on any atom is -0.481 e. The van der Waals surface area contributed by atoms with Crippen molar-refractivity contribution in [2.24, 2.45) is 0 Å². The number of anilines is 1. The quantitative estimate of drug-likeness (QED) is 0.880. The molecule has 7 heteroatoms. The van der Waals surface area contributed by atoms with Crippen molar-refractivity contribution in [3.8, 4) is 0 Å². The number of thiazole rings is 1. The van der Waals surface area contributed by atoms with E-state index in [9.17, 15) is 4.79 Å². The van der Waals surface area contributed by atoms with E-state index in [4.69, 9.17) is 9.52 Å². The standard InChI is InChI=1S/C13H15N3O3S/c1-2-7-5-14-10(19-7)6-15-13-16-11-8(12(17)18)3-4-9(11)20-13/h5,8H,2-4,6H2,1H3,(H,15,16)(H,17,18). The summed E-state index contributed by atoms with van der Waals surface area (Å²) in [5.41, 5.74) is 0.714. The van der Waals surface area contributed by atoms with Crippen LogP contribution in [0.15, 0.2) is 10.6 Å². The first-order valence-corrected chi connectivity index (χ1v) is 7.39. The highest BCUT2D eigenvalue weighted by molar-refractivity contribution is 7.15. The second-order valence-corrected chi connectivity index (χ2v) is 5.77. The van der Waals surface area contributed by atoms with E-state index in [0.29, 0.717) is 24.6 Å². The topological polar surface area (TPSA) is 88.2 Å². The highest BCUT2D eigenvalue weighted by atomic mass is 32.1. The third-order valence-electron chi connectivity index (χ3n) is 3.36. The number of fused-ring (bicyclic) bond motifs is 1.